The van der Waals surface area contributed by atoms with Crippen LogP contribution in [0.15, 0.2) is 71.3 Å². The second kappa shape index (κ2) is 7.91. The van der Waals surface area contributed by atoms with Crippen molar-refractivity contribution in [3.8, 4) is 5.75 Å². The monoisotopic (exact) mass is 389 g/mol. The molecular weight excluding hydrogens is 366 g/mol. The van der Waals surface area contributed by atoms with Crippen LogP contribution in [0.2, 0.25) is 0 Å². The molecule has 4 rings (SSSR count). The van der Waals surface area contributed by atoms with Gasteiger partial charge in [-0.1, -0.05) is 12.1 Å². The van der Waals surface area contributed by atoms with E-state index in [0.29, 0.717) is 23.3 Å². The number of carbonyl (C=O) groups excluding carboxylic acids is 2. The number of nitrogens with one attached hydrogen (secondary N) is 2. The lowest BCUT2D eigenvalue weighted by molar-refractivity contribution is -0.116. The lowest BCUT2D eigenvalue weighted by Gasteiger charge is -2.34. The van der Waals surface area contributed by atoms with E-state index in [4.69, 9.17) is 4.74 Å². The van der Waals surface area contributed by atoms with E-state index in [-0.39, 0.29) is 11.7 Å². The highest BCUT2D eigenvalue weighted by atomic mass is 16.5. The van der Waals surface area contributed by atoms with Crippen molar-refractivity contribution in [1.82, 2.24) is 10.3 Å². The fourth-order valence-electron chi connectivity index (χ4n) is 4.05. The summed E-state index contributed by atoms with van der Waals surface area (Å²) in [6.07, 6.45) is 5.39. The predicted octanol–water partition coefficient (Wildman–Crippen LogP) is 3.70. The molecule has 1 amide bonds. The number of hydrogen-bond acceptors (Lipinski definition) is 5. The number of benzene rings is 1. The molecule has 1 aromatic carbocycles. The van der Waals surface area contributed by atoms with Crippen molar-refractivity contribution in [2.24, 2.45) is 0 Å². The maximum Gasteiger partial charge on any atom is 0.254 e. The third-order valence-corrected chi connectivity index (χ3v) is 5.39. The first kappa shape index (κ1) is 18.9. The first-order valence-corrected chi connectivity index (χ1v) is 9.68. The van der Waals surface area contributed by atoms with Crippen LogP contribution < -0.4 is 15.4 Å². The van der Waals surface area contributed by atoms with Crippen LogP contribution in [0.25, 0.3) is 0 Å². The fourth-order valence-corrected chi connectivity index (χ4v) is 4.05. The number of rotatable bonds is 4. The normalized spacial score (nSPS) is 18.8. The molecule has 0 saturated carbocycles. The number of dihydropyridines is 1. The van der Waals surface area contributed by atoms with Crippen molar-refractivity contribution in [2.75, 3.05) is 12.4 Å². The second-order valence-corrected chi connectivity index (χ2v) is 7.23. The van der Waals surface area contributed by atoms with Gasteiger partial charge in [-0.2, -0.15) is 0 Å². The van der Waals surface area contributed by atoms with Crippen LogP contribution in [0.5, 0.6) is 5.75 Å². The number of Topliss-reactive ketones (excluding diaryl/α,β-unsaturated/α-hetero) is 1. The Hall–Kier alpha value is -3.41. The smallest absolute Gasteiger partial charge is 0.254 e. The van der Waals surface area contributed by atoms with E-state index < -0.39 is 5.92 Å². The van der Waals surface area contributed by atoms with Crippen LogP contribution >= 0.6 is 0 Å². The summed E-state index contributed by atoms with van der Waals surface area (Å²) in [6.45, 7) is 1.89. The summed E-state index contributed by atoms with van der Waals surface area (Å²) in [5, 5.41) is 6.24. The molecular formula is C23H23N3O3. The molecule has 2 heterocycles. The number of amides is 1. The maximum atomic E-state index is 13.3. The highest BCUT2D eigenvalue weighted by molar-refractivity contribution is 6.09. The second-order valence-electron chi connectivity index (χ2n) is 7.23. The minimum Gasteiger partial charge on any atom is -0.497 e. The van der Waals surface area contributed by atoms with Gasteiger partial charge < -0.3 is 15.4 Å². The number of pyridine rings is 1. The molecule has 1 atom stereocenters. The van der Waals surface area contributed by atoms with E-state index in [1.807, 2.05) is 31.2 Å². The standard InChI is InChI=1S/C23H23N3O3/c1-14-20(23(28)26-16-5-4-12-24-13-16)21(15-8-10-17(29-2)11-9-15)22-18(25-14)6-3-7-19(22)27/h4-5,8-13,21,25H,3,6-7H2,1-2H3,(H,26,28)/t21-/m1/s1. The molecule has 0 saturated heterocycles. The number of aromatic nitrogens is 1. The molecule has 0 fully saturated rings. The summed E-state index contributed by atoms with van der Waals surface area (Å²) in [4.78, 5) is 30.2. The molecule has 1 aliphatic heterocycles. The number of methoxy groups -OCH3 is 1. The van der Waals surface area contributed by atoms with Crippen molar-refractivity contribution >= 4 is 17.4 Å². The maximum absolute atomic E-state index is 13.3. The minimum atomic E-state index is -0.415. The van der Waals surface area contributed by atoms with Crippen LogP contribution in [0.3, 0.4) is 0 Å². The number of nitrogens with zero attached hydrogens (tertiary/aromatic N) is 1. The molecule has 2 aromatic rings. The van der Waals surface area contributed by atoms with Gasteiger partial charge in [0.2, 0.25) is 0 Å². The van der Waals surface area contributed by atoms with Crippen LogP contribution in [0.1, 0.15) is 37.7 Å². The van der Waals surface area contributed by atoms with Crippen molar-refractivity contribution < 1.29 is 14.3 Å². The van der Waals surface area contributed by atoms with Crippen molar-refractivity contribution in [1.29, 1.82) is 0 Å². The third-order valence-electron chi connectivity index (χ3n) is 5.39. The highest BCUT2D eigenvalue weighted by Gasteiger charge is 2.38. The van der Waals surface area contributed by atoms with Crippen LogP contribution in [-0.2, 0) is 9.59 Å². The van der Waals surface area contributed by atoms with Gasteiger partial charge in [0.05, 0.1) is 19.0 Å². The molecule has 2 N–H and O–H groups in total. The summed E-state index contributed by atoms with van der Waals surface area (Å²) in [5.74, 6) is 0.169. The van der Waals surface area contributed by atoms with Gasteiger partial charge in [-0.25, -0.2) is 0 Å². The molecule has 0 bridgehead atoms. The van der Waals surface area contributed by atoms with Gasteiger partial charge in [-0.15, -0.1) is 0 Å². The summed E-state index contributed by atoms with van der Waals surface area (Å²) >= 11 is 0. The molecule has 1 aromatic heterocycles. The number of ketones is 1. The summed E-state index contributed by atoms with van der Waals surface area (Å²) in [5.41, 5.74) is 4.45. The third kappa shape index (κ3) is 3.66. The van der Waals surface area contributed by atoms with Crippen LogP contribution in [-0.4, -0.2) is 23.8 Å². The zero-order valence-electron chi connectivity index (χ0n) is 16.5. The number of anilines is 1. The Morgan fingerprint density at radius 2 is 2.00 bits per heavy atom. The Morgan fingerprint density at radius 1 is 1.21 bits per heavy atom. The highest BCUT2D eigenvalue weighted by Crippen LogP contribution is 2.42. The Labute approximate surface area is 169 Å². The zero-order chi connectivity index (χ0) is 20.4. The number of carbonyl (C=O) groups is 2. The number of allylic oxidation sites excluding steroid dienone is 3. The Balaban J connectivity index is 1.78. The Morgan fingerprint density at radius 3 is 2.69 bits per heavy atom. The lowest BCUT2D eigenvalue weighted by atomic mass is 9.75. The van der Waals surface area contributed by atoms with E-state index in [0.717, 1.165) is 35.5 Å². The van der Waals surface area contributed by atoms with Gasteiger partial charge in [-0.05, 0) is 49.6 Å². The van der Waals surface area contributed by atoms with Gasteiger partial charge in [0.15, 0.2) is 5.78 Å². The molecule has 1 aliphatic carbocycles. The van der Waals surface area contributed by atoms with E-state index in [1.165, 1.54) is 0 Å². The van der Waals surface area contributed by atoms with Gasteiger partial charge >= 0.3 is 0 Å². The minimum absolute atomic E-state index is 0.0961. The molecule has 2 aliphatic rings. The lowest BCUT2D eigenvalue weighted by Crippen LogP contribution is -2.35. The number of hydrogen-bond donors (Lipinski definition) is 2. The van der Waals surface area contributed by atoms with Crippen LogP contribution in [0.4, 0.5) is 5.69 Å². The van der Waals surface area contributed by atoms with Gasteiger partial charge in [0.25, 0.3) is 5.91 Å². The van der Waals surface area contributed by atoms with E-state index in [9.17, 15) is 9.59 Å². The molecule has 6 nitrogen and oxygen atoms in total. The Kier molecular flexibility index (Phi) is 5.16. The molecule has 0 radical (unpaired) electrons. The average molecular weight is 389 g/mol. The predicted molar refractivity (Wildman–Crippen MR) is 110 cm³/mol. The van der Waals surface area contributed by atoms with E-state index in [1.54, 1.807) is 31.6 Å². The largest absolute Gasteiger partial charge is 0.497 e. The molecule has 0 unspecified atom stereocenters. The molecule has 29 heavy (non-hydrogen) atoms. The summed E-state index contributed by atoms with van der Waals surface area (Å²) < 4.78 is 5.27. The molecule has 6 heteroatoms. The fraction of sp³-hybridized carbons (Fsp3) is 0.261. The first-order chi connectivity index (χ1) is 14.1. The van der Waals surface area contributed by atoms with Crippen molar-refractivity contribution in [3.63, 3.8) is 0 Å². The topological polar surface area (TPSA) is 80.3 Å². The van der Waals surface area contributed by atoms with E-state index >= 15 is 0 Å². The van der Waals surface area contributed by atoms with Crippen LogP contribution in [0, 0.1) is 0 Å². The number of ether oxygens (including phenoxy) is 1. The Bertz CT molecular complexity index is 1010. The van der Waals surface area contributed by atoms with Gasteiger partial charge in [0.1, 0.15) is 5.75 Å². The van der Waals surface area contributed by atoms with Crippen molar-refractivity contribution in [3.05, 3.63) is 76.9 Å². The zero-order valence-corrected chi connectivity index (χ0v) is 16.5. The quantitative estimate of drug-likeness (QED) is 0.834. The molecule has 148 valence electrons. The summed E-state index contributed by atoms with van der Waals surface area (Å²) in [6, 6.07) is 11.1. The van der Waals surface area contributed by atoms with Crippen molar-refractivity contribution in [2.45, 2.75) is 32.1 Å². The van der Waals surface area contributed by atoms with Gasteiger partial charge in [-0.3, -0.25) is 14.6 Å². The SMILES string of the molecule is COc1ccc([C@@H]2C(C(=O)Nc3cccnc3)=C(C)NC3=C2C(=O)CCC3)cc1. The first-order valence-electron chi connectivity index (χ1n) is 9.68. The van der Waals surface area contributed by atoms with Gasteiger partial charge in [0, 0.05) is 41.1 Å². The summed E-state index contributed by atoms with van der Waals surface area (Å²) in [7, 11) is 1.61. The molecule has 0 spiro atoms. The van der Waals surface area contributed by atoms with E-state index in [2.05, 4.69) is 15.6 Å². The average Bonchev–Trinajstić information content (AvgIpc) is 2.73.